The molecule has 0 unspecified atom stereocenters. The smallest absolute Gasteiger partial charge is 0.417 e. The molecule has 0 atom stereocenters. The van der Waals surface area contributed by atoms with Crippen LogP contribution in [0.15, 0.2) is 36.4 Å². The van der Waals surface area contributed by atoms with E-state index < -0.39 is 17.7 Å². The van der Waals surface area contributed by atoms with Crippen LogP contribution >= 0.6 is 0 Å². The van der Waals surface area contributed by atoms with Gasteiger partial charge in [0.2, 0.25) is 0 Å². The largest absolute Gasteiger partial charge is 0.481 e. The van der Waals surface area contributed by atoms with E-state index in [1.54, 1.807) is 6.07 Å². The molecule has 2 aromatic carbocycles. The number of carbonyl (C=O) groups is 1. The van der Waals surface area contributed by atoms with E-state index in [-0.39, 0.29) is 17.7 Å². The Bertz CT molecular complexity index is 971. The van der Waals surface area contributed by atoms with Crippen molar-refractivity contribution in [1.29, 1.82) is 0 Å². The molecule has 3 nitrogen and oxygen atoms in total. The molecular weight excluding hydrogens is 331 g/mol. The van der Waals surface area contributed by atoms with Gasteiger partial charge in [0.1, 0.15) is 0 Å². The molecule has 3 aromatic rings. The third-order valence-corrected chi connectivity index (χ3v) is 4.44. The molecule has 3 rings (SSSR count). The van der Waals surface area contributed by atoms with Crippen LogP contribution < -0.4 is 0 Å². The first-order valence-electron chi connectivity index (χ1n) is 7.69. The lowest BCUT2D eigenvalue weighted by Crippen LogP contribution is -2.08. The van der Waals surface area contributed by atoms with Gasteiger partial charge in [-0.1, -0.05) is 30.3 Å². The Labute approximate surface area is 142 Å². The van der Waals surface area contributed by atoms with Gasteiger partial charge >= 0.3 is 12.1 Å². The number of carboxylic acid groups (broad SMARTS) is 1. The van der Waals surface area contributed by atoms with Gasteiger partial charge in [-0.2, -0.15) is 13.2 Å². The molecule has 0 amide bonds. The Morgan fingerprint density at radius 3 is 2.44 bits per heavy atom. The van der Waals surface area contributed by atoms with Crippen molar-refractivity contribution in [2.24, 2.45) is 0 Å². The molecule has 0 saturated heterocycles. The molecule has 1 heterocycles. The molecule has 0 bridgehead atoms. The highest BCUT2D eigenvalue weighted by atomic mass is 19.4. The first-order valence-corrected chi connectivity index (χ1v) is 7.69. The van der Waals surface area contributed by atoms with Crippen molar-refractivity contribution in [1.82, 2.24) is 4.98 Å². The number of fused-ring (bicyclic) bond motifs is 1. The number of alkyl halides is 3. The minimum atomic E-state index is -4.53. The van der Waals surface area contributed by atoms with Gasteiger partial charge in [0, 0.05) is 16.5 Å². The molecule has 0 saturated carbocycles. The minimum Gasteiger partial charge on any atom is -0.481 e. The SMILES string of the molecule is Cc1ccc2c(CC(=O)O)c(-c3ccccc3C(F)(F)F)[nH]c2c1C. The Morgan fingerprint density at radius 2 is 1.80 bits per heavy atom. The molecule has 130 valence electrons. The monoisotopic (exact) mass is 347 g/mol. The van der Waals surface area contributed by atoms with Crippen LogP contribution in [-0.2, 0) is 17.4 Å². The van der Waals surface area contributed by atoms with Crippen molar-refractivity contribution >= 4 is 16.9 Å². The van der Waals surface area contributed by atoms with E-state index in [1.807, 2.05) is 19.9 Å². The number of rotatable bonds is 3. The van der Waals surface area contributed by atoms with Crippen molar-refractivity contribution < 1.29 is 23.1 Å². The highest BCUT2D eigenvalue weighted by Crippen LogP contribution is 2.40. The fraction of sp³-hybridized carbons (Fsp3) is 0.211. The van der Waals surface area contributed by atoms with Gasteiger partial charge in [0.15, 0.2) is 0 Å². The average Bonchev–Trinajstić information content (AvgIpc) is 2.89. The Balaban J connectivity index is 2.37. The van der Waals surface area contributed by atoms with Crippen LogP contribution in [0, 0.1) is 13.8 Å². The van der Waals surface area contributed by atoms with Crippen LogP contribution in [0.25, 0.3) is 22.2 Å². The van der Waals surface area contributed by atoms with Crippen molar-refractivity contribution in [2.75, 3.05) is 0 Å². The fourth-order valence-electron chi connectivity index (χ4n) is 3.08. The molecular formula is C19H16F3NO2. The van der Waals surface area contributed by atoms with Gasteiger partial charge in [-0.3, -0.25) is 4.79 Å². The summed E-state index contributed by atoms with van der Waals surface area (Å²) in [5.74, 6) is -1.09. The second-order valence-electron chi connectivity index (χ2n) is 6.02. The maximum absolute atomic E-state index is 13.4. The number of aromatic nitrogens is 1. The summed E-state index contributed by atoms with van der Waals surface area (Å²) >= 11 is 0. The molecule has 2 N–H and O–H groups in total. The van der Waals surface area contributed by atoms with Gasteiger partial charge in [0.25, 0.3) is 0 Å². The maximum Gasteiger partial charge on any atom is 0.417 e. The van der Waals surface area contributed by atoms with Crippen molar-refractivity contribution in [3.8, 4) is 11.3 Å². The molecule has 25 heavy (non-hydrogen) atoms. The number of halogens is 3. The predicted molar refractivity (Wildman–Crippen MR) is 89.6 cm³/mol. The summed E-state index contributed by atoms with van der Waals surface area (Å²) in [5, 5.41) is 9.87. The van der Waals surface area contributed by atoms with Crippen LogP contribution in [-0.4, -0.2) is 16.1 Å². The lowest BCUT2D eigenvalue weighted by Gasteiger charge is -2.13. The molecule has 0 aliphatic heterocycles. The topological polar surface area (TPSA) is 53.1 Å². The lowest BCUT2D eigenvalue weighted by molar-refractivity contribution is -0.137. The molecule has 0 radical (unpaired) electrons. The van der Waals surface area contributed by atoms with Crippen LogP contribution in [0.2, 0.25) is 0 Å². The van der Waals surface area contributed by atoms with E-state index in [9.17, 15) is 23.1 Å². The number of hydrogen-bond acceptors (Lipinski definition) is 1. The summed E-state index contributed by atoms with van der Waals surface area (Å²) in [4.78, 5) is 14.3. The van der Waals surface area contributed by atoms with E-state index in [4.69, 9.17) is 0 Å². The van der Waals surface area contributed by atoms with Crippen LogP contribution in [0.5, 0.6) is 0 Å². The maximum atomic E-state index is 13.4. The third kappa shape index (κ3) is 2.99. The molecule has 6 heteroatoms. The summed E-state index contributed by atoms with van der Waals surface area (Å²) in [7, 11) is 0. The van der Waals surface area contributed by atoms with Crippen LogP contribution in [0.3, 0.4) is 0 Å². The summed E-state index contributed by atoms with van der Waals surface area (Å²) in [6.45, 7) is 3.76. The number of aliphatic carboxylic acids is 1. The number of benzene rings is 2. The number of aromatic amines is 1. The zero-order valence-corrected chi connectivity index (χ0v) is 13.7. The quantitative estimate of drug-likeness (QED) is 0.693. The fourth-order valence-corrected chi connectivity index (χ4v) is 3.08. The van der Waals surface area contributed by atoms with Gasteiger partial charge in [0.05, 0.1) is 17.7 Å². The number of aryl methyl sites for hydroxylation is 2. The van der Waals surface area contributed by atoms with Gasteiger partial charge in [-0.25, -0.2) is 0 Å². The predicted octanol–water partition coefficient (Wildman–Crippen LogP) is 5.10. The van der Waals surface area contributed by atoms with Crippen LogP contribution in [0.4, 0.5) is 13.2 Å². The van der Waals surface area contributed by atoms with Crippen molar-refractivity contribution in [3.63, 3.8) is 0 Å². The zero-order chi connectivity index (χ0) is 18.4. The first kappa shape index (κ1) is 17.1. The Kier molecular flexibility index (Phi) is 4.06. The highest BCUT2D eigenvalue weighted by molar-refractivity contribution is 5.96. The van der Waals surface area contributed by atoms with Crippen LogP contribution in [0.1, 0.15) is 22.3 Å². The van der Waals surface area contributed by atoms with Gasteiger partial charge in [-0.15, -0.1) is 0 Å². The molecule has 0 fully saturated rings. The minimum absolute atomic E-state index is 0.0421. The van der Waals surface area contributed by atoms with E-state index >= 15 is 0 Å². The first-order chi connectivity index (χ1) is 11.7. The van der Waals surface area contributed by atoms with E-state index in [0.717, 1.165) is 17.2 Å². The third-order valence-electron chi connectivity index (χ3n) is 4.44. The standard InChI is InChI=1S/C19H16F3NO2/c1-10-7-8-12-14(9-16(24)25)18(23-17(12)11(10)2)13-5-3-4-6-15(13)19(20,21)22/h3-8,23H,9H2,1-2H3,(H,24,25). The molecule has 0 spiro atoms. The second-order valence-corrected chi connectivity index (χ2v) is 6.02. The molecule has 0 aliphatic carbocycles. The molecule has 1 aromatic heterocycles. The summed E-state index contributed by atoms with van der Waals surface area (Å²) in [6.07, 6.45) is -4.89. The number of nitrogens with one attached hydrogen (secondary N) is 1. The lowest BCUT2D eigenvalue weighted by atomic mass is 9.97. The summed E-state index contributed by atoms with van der Waals surface area (Å²) in [5.41, 5.74) is 2.28. The number of hydrogen-bond donors (Lipinski definition) is 2. The summed E-state index contributed by atoms with van der Waals surface area (Å²) < 4.78 is 40.2. The zero-order valence-electron chi connectivity index (χ0n) is 13.7. The highest BCUT2D eigenvalue weighted by Gasteiger charge is 2.34. The van der Waals surface area contributed by atoms with E-state index in [1.165, 1.54) is 18.2 Å². The van der Waals surface area contributed by atoms with Gasteiger partial charge < -0.3 is 10.1 Å². The van der Waals surface area contributed by atoms with Crippen molar-refractivity contribution in [2.45, 2.75) is 26.4 Å². The van der Waals surface area contributed by atoms with E-state index in [0.29, 0.717) is 16.5 Å². The Morgan fingerprint density at radius 1 is 1.12 bits per heavy atom. The summed E-state index contributed by atoms with van der Waals surface area (Å²) in [6, 6.07) is 8.80. The van der Waals surface area contributed by atoms with Crippen molar-refractivity contribution in [3.05, 3.63) is 58.7 Å². The molecule has 0 aliphatic rings. The Hall–Kier alpha value is -2.76. The second kappa shape index (κ2) is 5.95. The number of carboxylic acids is 1. The average molecular weight is 347 g/mol. The number of H-pyrrole nitrogens is 1. The van der Waals surface area contributed by atoms with Gasteiger partial charge in [-0.05, 0) is 36.6 Å². The normalized spacial score (nSPS) is 11.9. The van der Waals surface area contributed by atoms with E-state index in [2.05, 4.69) is 4.98 Å².